The molecular weight excluding hydrogens is 362 g/mol. The van der Waals surface area contributed by atoms with E-state index in [2.05, 4.69) is 45.4 Å². The molecule has 29 heavy (non-hydrogen) atoms. The van der Waals surface area contributed by atoms with Gasteiger partial charge in [0.2, 0.25) is 11.8 Å². The Bertz CT molecular complexity index is 707. The molecule has 3 aliphatic heterocycles. The quantitative estimate of drug-likeness (QED) is 0.751. The Morgan fingerprint density at radius 1 is 1.10 bits per heavy atom. The lowest BCUT2D eigenvalue weighted by molar-refractivity contribution is -0.139. The van der Waals surface area contributed by atoms with Crippen LogP contribution < -0.4 is 5.32 Å². The number of carbonyl (C=O) groups excluding carboxylic acids is 2. The molecule has 2 bridgehead atoms. The fourth-order valence-corrected chi connectivity index (χ4v) is 5.88. The van der Waals surface area contributed by atoms with Crippen molar-refractivity contribution in [3.8, 4) is 0 Å². The summed E-state index contributed by atoms with van der Waals surface area (Å²) in [5, 5.41) is 2.79. The van der Waals surface area contributed by atoms with E-state index in [0.29, 0.717) is 36.9 Å². The summed E-state index contributed by atoms with van der Waals surface area (Å²) in [6.45, 7) is 5.10. The van der Waals surface area contributed by atoms with Crippen LogP contribution in [0, 0.1) is 11.8 Å². The molecule has 0 aromatic heterocycles. The van der Waals surface area contributed by atoms with Crippen molar-refractivity contribution >= 4 is 11.8 Å². The first-order valence-corrected chi connectivity index (χ1v) is 11.4. The Labute approximate surface area is 174 Å². The molecular formula is C24H35N3O2. The highest BCUT2D eigenvalue weighted by Gasteiger charge is 2.45. The van der Waals surface area contributed by atoms with Crippen LogP contribution in [0.5, 0.6) is 0 Å². The minimum Gasteiger partial charge on any atom is -0.356 e. The van der Waals surface area contributed by atoms with Crippen molar-refractivity contribution in [1.82, 2.24) is 15.1 Å². The Kier molecular flexibility index (Phi) is 6.53. The number of benzene rings is 1. The van der Waals surface area contributed by atoms with E-state index in [1.807, 2.05) is 0 Å². The van der Waals surface area contributed by atoms with Gasteiger partial charge in [-0.1, -0.05) is 36.8 Å². The Morgan fingerprint density at radius 3 is 2.72 bits per heavy atom. The summed E-state index contributed by atoms with van der Waals surface area (Å²) >= 11 is 0. The van der Waals surface area contributed by atoms with Crippen molar-refractivity contribution in [2.24, 2.45) is 11.8 Å². The fraction of sp³-hybridized carbons (Fsp3) is 0.667. The summed E-state index contributed by atoms with van der Waals surface area (Å²) in [6.07, 6.45) is 7.62. The Balaban J connectivity index is 1.34. The zero-order valence-corrected chi connectivity index (χ0v) is 17.7. The molecule has 3 aliphatic rings. The van der Waals surface area contributed by atoms with Crippen LogP contribution in [0.15, 0.2) is 30.3 Å². The lowest BCUT2D eigenvalue weighted by atomic mass is 9.74. The number of amides is 2. The number of hydrogen-bond acceptors (Lipinski definition) is 3. The molecule has 5 heteroatoms. The van der Waals surface area contributed by atoms with Gasteiger partial charge in [0.25, 0.3) is 0 Å². The second-order valence-corrected chi connectivity index (χ2v) is 9.29. The van der Waals surface area contributed by atoms with Gasteiger partial charge in [0.15, 0.2) is 0 Å². The van der Waals surface area contributed by atoms with Gasteiger partial charge in [-0.3, -0.25) is 14.5 Å². The molecule has 3 fully saturated rings. The van der Waals surface area contributed by atoms with E-state index in [-0.39, 0.29) is 11.8 Å². The summed E-state index contributed by atoms with van der Waals surface area (Å²) in [6, 6.07) is 12.2. The van der Waals surface area contributed by atoms with Crippen molar-refractivity contribution in [3.63, 3.8) is 0 Å². The number of piperidine rings is 3. The second kappa shape index (κ2) is 9.29. The Morgan fingerprint density at radius 2 is 1.93 bits per heavy atom. The largest absolute Gasteiger partial charge is 0.356 e. The highest BCUT2D eigenvalue weighted by Crippen LogP contribution is 2.40. The molecule has 2 amide bonds. The third kappa shape index (κ3) is 5.00. The van der Waals surface area contributed by atoms with Crippen molar-refractivity contribution < 1.29 is 9.59 Å². The molecule has 0 radical (unpaired) electrons. The maximum absolute atomic E-state index is 12.7. The minimum absolute atomic E-state index is 0.0209. The first-order valence-electron chi connectivity index (χ1n) is 11.4. The van der Waals surface area contributed by atoms with Crippen LogP contribution in [0.3, 0.4) is 0 Å². The molecule has 4 atom stereocenters. The highest BCUT2D eigenvalue weighted by molar-refractivity contribution is 5.76. The van der Waals surface area contributed by atoms with Gasteiger partial charge in [0.1, 0.15) is 0 Å². The van der Waals surface area contributed by atoms with Crippen LogP contribution in [0.4, 0.5) is 0 Å². The molecule has 0 aliphatic carbocycles. The highest BCUT2D eigenvalue weighted by atomic mass is 16.2. The van der Waals surface area contributed by atoms with Crippen molar-refractivity contribution in [2.75, 3.05) is 26.2 Å². The maximum atomic E-state index is 12.7. The topological polar surface area (TPSA) is 52.7 Å². The summed E-state index contributed by atoms with van der Waals surface area (Å²) in [4.78, 5) is 28.7. The predicted molar refractivity (Wildman–Crippen MR) is 114 cm³/mol. The number of nitrogens with zero attached hydrogens (tertiary/aromatic N) is 2. The third-order valence-electron chi connectivity index (χ3n) is 7.12. The SMILES string of the molecule is CC(=O)NCCCC(=O)N1C[C@@H]2C[C@H](C1)[C@@H]1CCC[C@H](Cc3ccccc3)N1C2. The molecule has 0 unspecified atom stereocenters. The lowest BCUT2D eigenvalue weighted by Gasteiger charge is -2.55. The summed E-state index contributed by atoms with van der Waals surface area (Å²) < 4.78 is 0. The van der Waals surface area contributed by atoms with Crippen LogP contribution in [0.25, 0.3) is 0 Å². The molecule has 0 saturated carbocycles. The smallest absolute Gasteiger partial charge is 0.222 e. The van der Waals surface area contributed by atoms with Gasteiger partial charge in [-0.05, 0) is 49.5 Å². The van der Waals surface area contributed by atoms with E-state index < -0.39 is 0 Å². The van der Waals surface area contributed by atoms with Gasteiger partial charge < -0.3 is 10.2 Å². The molecule has 1 N–H and O–H groups in total. The molecule has 4 rings (SSSR count). The Hall–Kier alpha value is -1.88. The molecule has 158 valence electrons. The number of nitrogens with one attached hydrogen (secondary N) is 1. The molecule has 3 heterocycles. The van der Waals surface area contributed by atoms with Gasteiger partial charge in [-0.2, -0.15) is 0 Å². The van der Waals surface area contributed by atoms with E-state index >= 15 is 0 Å². The van der Waals surface area contributed by atoms with Crippen LogP contribution in [0.2, 0.25) is 0 Å². The number of carbonyl (C=O) groups is 2. The summed E-state index contributed by atoms with van der Waals surface area (Å²) in [5.41, 5.74) is 1.45. The number of fused-ring (bicyclic) bond motifs is 4. The van der Waals surface area contributed by atoms with Crippen molar-refractivity contribution in [2.45, 2.75) is 64.0 Å². The minimum atomic E-state index is -0.0209. The van der Waals surface area contributed by atoms with Crippen LogP contribution in [-0.4, -0.2) is 59.9 Å². The average Bonchev–Trinajstić information content (AvgIpc) is 2.72. The van der Waals surface area contributed by atoms with Crippen LogP contribution >= 0.6 is 0 Å². The zero-order valence-electron chi connectivity index (χ0n) is 17.7. The van der Waals surface area contributed by atoms with E-state index in [9.17, 15) is 9.59 Å². The summed E-state index contributed by atoms with van der Waals surface area (Å²) in [7, 11) is 0. The number of rotatable bonds is 6. The van der Waals surface area contributed by atoms with E-state index in [0.717, 1.165) is 32.5 Å². The van der Waals surface area contributed by atoms with Crippen LogP contribution in [0.1, 0.15) is 51.0 Å². The number of likely N-dealkylation sites (tertiary alicyclic amines) is 1. The first kappa shape index (κ1) is 20.4. The van der Waals surface area contributed by atoms with Crippen LogP contribution in [-0.2, 0) is 16.0 Å². The van der Waals surface area contributed by atoms with Gasteiger partial charge in [0.05, 0.1) is 0 Å². The first-order chi connectivity index (χ1) is 14.1. The average molecular weight is 398 g/mol. The third-order valence-corrected chi connectivity index (χ3v) is 7.12. The maximum Gasteiger partial charge on any atom is 0.222 e. The van der Waals surface area contributed by atoms with Crippen molar-refractivity contribution in [1.29, 1.82) is 0 Å². The van der Waals surface area contributed by atoms with E-state index in [4.69, 9.17) is 0 Å². The lowest BCUT2D eigenvalue weighted by Crippen LogP contribution is -2.62. The zero-order chi connectivity index (χ0) is 20.2. The monoisotopic (exact) mass is 397 g/mol. The molecule has 3 saturated heterocycles. The second-order valence-electron chi connectivity index (χ2n) is 9.29. The molecule has 1 aromatic rings. The number of hydrogen-bond donors (Lipinski definition) is 1. The normalized spacial score (nSPS) is 29.2. The molecule has 0 spiro atoms. The predicted octanol–water partition coefficient (Wildman–Crippen LogP) is 2.85. The summed E-state index contributed by atoms with van der Waals surface area (Å²) in [5.74, 6) is 1.49. The standard InChI is InChI=1S/C24H35N3O2/c1-18(28)25-12-6-11-24(29)26-15-20-13-21(17-26)23-10-5-9-22(27(23)16-20)14-19-7-3-2-4-8-19/h2-4,7-8,20-23H,5-6,9-17H2,1H3,(H,25,28)/t20-,21+,22+,23-/m0/s1. The van der Waals surface area contributed by atoms with Gasteiger partial charge in [-0.25, -0.2) is 0 Å². The molecule has 5 nitrogen and oxygen atoms in total. The van der Waals surface area contributed by atoms with Gasteiger partial charge in [0, 0.05) is 51.6 Å². The molecule has 1 aromatic carbocycles. The fourth-order valence-electron chi connectivity index (χ4n) is 5.88. The van der Waals surface area contributed by atoms with Gasteiger partial charge in [-0.15, -0.1) is 0 Å². The van der Waals surface area contributed by atoms with Gasteiger partial charge >= 0.3 is 0 Å². The van der Waals surface area contributed by atoms with E-state index in [1.165, 1.54) is 38.2 Å². The van der Waals surface area contributed by atoms with E-state index in [1.54, 1.807) is 0 Å². The van der Waals surface area contributed by atoms with Crippen molar-refractivity contribution in [3.05, 3.63) is 35.9 Å².